The Morgan fingerprint density at radius 3 is 2.61 bits per heavy atom. The number of thioether (sulfide) groups is 1. The van der Waals surface area contributed by atoms with Gasteiger partial charge in [0.2, 0.25) is 19.4 Å². The van der Waals surface area contributed by atoms with Gasteiger partial charge in [0, 0.05) is 6.26 Å². The van der Waals surface area contributed by atoms with E-state index in [1.54, 1.807) is 18.2 Å². The van der Waals surface area contributed by atoms with Crippen molar-refractivity contribution in [3.05, 3.63) is 58.1 Å². The largest absolute Gasteiger partial charge is 0.497 e. The van der Waals surface area contributed by atoms with Gasteiger partial charge in [-0.3, -0.25) is 10.2 Å². The Kier molecular flexibility index (Phi) is 6.89. The topological polar surface area (TPSA) is 148 Å². The molecule has 11 nitrogen and oxygen atoms in total. The first-order chi connectivity index (χ1) is 17.0. The number of nitrogens with one attached hydrogen (secondary N) is 1. The average molecular weight is 549 g/mol. The van der Waals surface area contributed by atoms with E-state index in [1.165, 1.54) is 38.5 Å². The van der Waals surface area contributed by atoms with Gasteiger partial charge in [-0.15, -0.1) is 5.10 Å². The Morgan fingerprint density at radius 1 is 1.19 bits per heavy atom. The van der Waals surface area contributed by atoms with Crippen molar-refractivity contribution in [3.63, 3.8) is 0 Å². The lowest BCUT2D eigenvalue weighted by molar-refractivity contribution is -0.114. The lowest BCUT2D eigenvalue weighted by Gasteiger charge is -2.20. The number of ether oxygens (including phenoxy) is 3. The number of esters is 1. The van der Waals surface area contributed by atoms with Gasteiger partial charge in [-0.25, -0.2) is 13.2 Å². The molecule has 2 heterocycles. The minimum atomic E-state index is -3.65. The Bertz CT molecular complexity index is 1520. The van der Waals surface area contributed by atoms with E-state index < -0.39 is 21.7 Å². The molecule has 4 rings (SSSR count). The first-order valence-corrected chi connectivity index (χ1v) is 13.0. The molecule has 2 aliphatic heterocycles. The highest BCUT2D eigenvalue weighted by atomic mass is 35.5. The van der Waals surface area contributed by atoms with Gasteiger partial charge in [0.15, 0.2) is 17.3 Å². The molecule has 0 aliphatic carbocycles. The minimum Gasteiger partial charge on any atom is -0.497 e. The van der Waals surface area contributed by atoms with Gasteiger partial charge in [-0.2, -0.15) is 10.0 Å². The average Bonchev–Trinajstić information content (AvgIpc) is 3.28. The molecule has 0 bridgehead atoms. The smallest absolute Gasteiger partial charge is 0.343 e. The molecule has 2 aromatic carbocycles. The molecule has 186 valence electrons. The van der Waals surface area contributed by atoms with E-state index in [-0.39, 0.29) is 43.0 Å². The van der Waals surface area contributed by atoms with Gasteiger partial charge in [-0.05, 0) is 53.7 Å². The number of sulfone groups is 1. The first kappa shape index (κ1) is 25.4. The molecule has 1 N–H and O–H groups in total. The predicted molar refractivity (Wildman–Crippen MR) is 136 cm³/mol. The van der Waals surface area contributed by atoms with Crippen molar-refractivity contribution in [2.45, 2.75) is 0 Å². The Balaban J connectivity index is 1.65. The van der Waals surface area contributed by atoms with E-state index in [2.05, 4.69) is 10.1 Å². The van der Waals surface area contributed by atoms with Crippen LogP contribution in [-0.4, -0.2) is 61.2 Å². The van der Waals surface area contributed by atoms with Gasteiger partial charge >= 0.3 is 5.97 Å². The van der Waals surface area contributed by atoms with Crippen LogP contribution < -0.4 is 14.2 Å². The summed E-state index contributed by atoms with van der Waals surface area (Å²) in [6.07, 6.45) is 2.29. The van der Waals surface area contributed by atoms with Crippen LogP contribution >= 0.6 is 23.4 Å². The van der Waals surface area contributed by atoms with Crippen molar-refractivity contribution in [2.75, 3.05) is 20.5 Å². The van der Waals surface area contributed by atoms with Crippen molar-refractivity contribution < 1.29 is 32.2 Å². The molecule has 0 atom stereocenters. The van der Waals surface area contributed by atoms with Crippen molar-refractivity contribution in [3.8, 4) is 17.2 Å². The fourth-order valence-corrected chi connectivity index (χ4v) is 5.06. The lowest BCUT2D eigenvalue weighted by Crippen LogP contribution is -2.35. The number of hydrogen-bond donors (Lipinski definition) is 1. The number of carbonyl (C=O) groups excluding carboxylic acids is 2. The van der Waals surface area contributed by atoms with Gasteiger partial charge in [0.05, 0.1) is 30.4 Å². The number of rotatable bonds is 5. The zero-order valence-electron chi connectivity index (χ0n) is 18.9. The Morgan fingerprint density at radius 2 is 1.94 bits per heavy atom. The highest BCUT2D eigenvalue weighted by Gasteiger charge is 2.38. The van der Waals surface area contributed by atoms with Crippen LogP contribution in [0.4, 0.5) is 0 Å². The Hall–Kier alpha value is -3.68. The zero-order valence-corrected chi connectivity index (χ0v) is 21.3. The summed E-state index contributed by atoms with van der Waals surface area (Å²) in [5.74, 6) is -1.29. The lowest BCUT2D eigenvalue weighted by atomic mass is 10.1. The van der Waals surface area contributed by atoms with E-state index in [0.717, 1.165) is 11.3 Å². The maximum absolute atomic E-state index is 12.6. The number of amides is 1. The second-order valence-electron chi connectivity index (χ2n) is 7.31. The van der Waals surface area contributed by atoms with Crippen LogP contribution in [0, 0.1) is 5.41 Å². The van der Waals surface area contributed by atoms with Crippen LogP contribution in [0.15, 0.2) is 52.1 Å². The quantitative estimate of drug-likeness (QED) is 0.338. The molecule has 2 aromatic rings. The molecule has 36 heavy (non-hydrogen) atoms. The standard InChI is InChI=1S/C22H17ClN4O7S2/c1-32-13-6-4-5-12(10-13)20(29)34-17-15(23)8-11(9-16(17)33-2)7-14-18(24)27-21(25-19(14)28)35-22(26-27)36(3,30)31/h4-10,24H,1-3H3/b14-7+,24-18?. The third-order valence-corrected chi connectivity index (χ3v) is 7.67. The summed E-state index contributed by atoms with van der Waals surface area (Å²) >= 11 is 7.06. The second kappa shape index (κ2) is 9.76. The Labute approximate surface area is 214 Å². The molecule has 0 spiro atoms. The summed E-state index contributed by atoms with van der Waals surface area (Å²) in [4.78, 5) is 29.1. The van der Waals surface area contributed by atoms with E-state index in [1.807, 2.05) is 0 Å². The van der Waals surface area contributed by atoms with Gasteiger partial charge in [-0.1, -0.05) is 17.7 Å². The fourth-order valence-electron chi connectivity index (χ4n) is 3.11. The molecule has 0 radical (unpaired) electrons. The van der Waals surface area contributed by atoms with Crippen LogP contribution in [0.5, 0.6) is 17.2 Å². The zero-order chi connectivity index (χ0) is 26.2. The molecule has 0 fully saturated rings. The summed E-state index contributed by atoms with van der Waals surface area (Å²) in [7, 11) is -0.833. The van der Waals surface area contributed by atoms with Crippen molar-refractivity contribution in [1.82, 2.24) is 5.01 Å². The van der Waals surface area contributed by atoms with Crippen LogP contribution in [-0.2, 0) is 14.6 Å². The van der Waals surface area contributed by atoms with Crippen LogP contribution in [0.3, 0.4) is 0 Å². The summed E-state index contributed by atoms with van der Waals surface area (Å²) in [5, 5.41) is 13.2. The van der Waals surface area contributed by atoms with Gasteiger partial charge < -0.3 is 14.2 Å². The van der Waals surface area contributed by atoms with Crippen molar-refractivity contribution >= 4 is 66.5 Å². The maximum atomic E-state index is 12.6. The third-order valence-electron chi connectivity index (χ3n) is 4.82. The first-order valence-electron chi connectivity index (χ1n) is 9.96. The number of carbonyl (C=O) groups is 2. The van der Waals surface area contributed by atoms with Crippen molar-refractivity contribution in [1.29, 1.82) is 5.41 Å². The van der Waals surface area contributed by atoms with Gasteiger partial charge in [0.25, 0.3) is 5.91 Å². The highest BCUT2D eigenvalue weighted by Crippen LogP contribution is 2.38. The van der Waals surface area contributed by atoms with E-state index in [4.69, 9.17) is 31.2 Å². The number of methoxy groups -OCH3 is 2. The molecule has 0 aromatic heterocycles. The molecular weight excluding hydrogens is 532 g/mol. The number of aliphatic imine (C=N–C) groups is 1. The van der Waals surface area contributed by atoms with Crippen molar-refractivity contribution in [2.24, 2.45) is 10.1 Å². The summed E-state index contributed by atoms with van der Waals surface area (Å²) in [6, 6.07) is 9.23. The van der Waals surface area contributed by atoms with E-state index in [9.17, 15) is 18.0 Å². The molecule has 1 amide bonds. The minimum absolute atomic E-state index is 0.00513. The maximum Gasteiger partial charge on any atom is 0.343 e. The number of benzene rings is 2. The fraction of sp³-hybridized carbons (Fsp3) is 0.136. The summed E-state index contributed by atoms with van der Waals surface area (Å²) in [6.45, 7) is 0. The van der Waals surface area contributed by atoms with E-state index in [0.29, 0.717) is 23.1 Å². The third kappa shape index (κ3) is 4.98. The van der Waals surface area contributed by atoms with Crippen LogP contribution in [0.2, 0.25) is 5.02 Å². The van der Waals surface area contributed by atoms with E-state index >= 15 is 0 Å². The SMILES string of the molecule is COc1cccc(C(=O)Oc2c(Cl)cc(/C=C3\C(=N)N4N=C(S(C)(=O)=O)SC4=NC3=O)cc2OC)c1. The van der Waals surface area contributed by atoms with Crippen LogP contribution in [0.25, 0.3) is 6.08 Å². The highest BCUT2D eigenvalue weighted by molar-refractivity contribution is 8.42. The molecule has 0 saturated carbocycles. The molecular formula is C22H17ClN4O7S2. The number of amidine groups is 2. The monoisotopic (exact) mass is 548 g/mol. The number of hydrazone groups is 1. The normalized spacial score (nSPS) is 16.4. The van der Waals surface area contributed by atoms with Gasteiger partial charge in [0.1, 0.15) is 5.75 Å². The number of halogens is 1. The molecule has 0 saturated heterocycles. The number of nitrogens with zero attached hydrogens (tertiary/aromatic N) is 3. The summed E-state index contributed by atoms with van der Waals surface area (Å²) in [5.41, 5.74) is 0.409. The summed E-state index contributed by atoms with van der Waals surface area (Å²) < 4.78 is 39.2. The molecule has 2 aliphatic rings. The number of fused-ring (bicyclic) bond motifs is 1. The van der Waals surface area contributed by atoms with Crippen LogP contribution in [0.1, 0.15) is 15.9 Å². The molecule has 14 heteroatoms. The molecule has 0 unspecified atom stereocenters. The number of hydrogen-bond acceptors (Lipinski definition) is 10. The predicted octanol–water partition coefficient (Wildman–Crippen LogP) is 3.20. The second-order valence-corrected chi connectivity index (χ2v) is 10.9.